The normalized spacial score (nSPS) is 13.5. The third-order valence-electron chi connectivity index (χ3n) is 5.22. The van der Waals surface area contributed by atoms with Crippen molar-refractivity contribution in [3.63, 3.8) is 0 Å². The summed E-state index contributed by atoms with van der Waals surface area (Å²) in [6.07, 6.45) is 0. The number of methoxy groups -OCH3 is 3. The molecule has 0 aliphatic carbocycles. The van der Waals surface area contributed by atoms with Gasteiger partial charge in [0.25, 0.3) is 0 Å². The Morgan fingerprint density at radius 3 is 2.29 bits per heavy atom. The topological polar surface area (TPSA) is 128 Å². The molecule has 2 N–H and O–H groups in total. The number of benzene rings is 1. The van der Waals surface area contributed by atoms with Gasteiger partial charge < -0.3 is 29.0 Å². The van der Waals surface area contributed by atoms with Crippen molar-refractivity contribution in [1.29, 1.82) is 0 Å². The lowest BCUT2D eigenvalue weighted by Gasteiger charge is -2.28. The van der Waals surface area contributed by atoms with E-state index in [1.54, 1.807) is 28.3 Å². The van der Waals surface area contributed by atoms with E-state index in [1.165, 1.54) is 0 Å². The molecule has 0 spiro atoms. The maximum atomic E-state index is 11.4. The van der Waals surface area contributed by atoms with Gasteiger partial charge in [0.1, 0.15) is 10.7 Å². The zero-order valence-electron chi connectivity index (χ0n) is 19.2. The van der Waals surface area contributed by atoms with E-state index in [0.29, 0.717) is 71.8 Å². The fourth-order valence-corrected chi connectivity index (χ4v) is 4.36. The molecule has 0 saturated carbocycles. The molecule has 0 atom stereocenters. The highest BCUT2D eigenvalue weighted by Crippen LogP contribution is 2.41. The summed E-state index contributed by atoms with van der Waals surface area (Å²) in [5.41, 5.74) is 1.77. The minimum Gasteiger partial charge on any atom is -0.493 e. The summed E-state index contributed by atoms with van der Waals surface area (Å²) in [4.78, 5) is 27.3. The Bertz CT molecular complexity index is 1170. The fraction of sp³-hybridized carbons (Fsp3) is 0.364. The van der Waals surface area contributed by atoms with E-state index in [2.05, 4.69) is 25.2 Å². The molecule has 180 valence electrons. The average Bonchev–Trinajstić information content (AvgIpc) is 3.23. The van der Waals surface area contributed by atoms with Crippen LogP contribution >= 0.6 is 11.3 Å². The van der Waals surface area contributed by atoms with Gasteiger partial charge in [-0.05, 0) is 19.1 Å². The molecule has 0 radical (unpaired) electrons. The van der Waals surface area contributed by atoms with Gasteiger partial charge in [0.05, 0.1) is 45.9 Å². The summed E-state index contributed by atoms with van der Waals surface area (Å²) in [5.74, 6) is 1.45. The number of thiazole rings is 1. The molecule has 4 rings (SSSR count). The number of carbonyl (C=O) groups is 1. The van der Waals surface area contributed by atoms with Gasteiger partial charge in [-0.15, -0.1) is 0 Å². The summed E-state index contributed by atoms with van der Waals surface area (Å²) in [6, 6.07) is 5.51. The zero-order chi connectivity index (χ0) is 24.2. The molecule has 2 aromatic heterocycles. The molecule has 11 nitrogen and oxygen atoms in total. The molecule has 1 saturated heterocycles. The lowest BCUT2D eigenvalue weighted by Crippen LogP contribution is -2.36. The average molecular weight is 488 g/mol. The number of aryl methyl sites for hydroxylation is 1. The lowest BCUT2D eigenvalue weighted by atomic mass is 10.1. The van der Waals surface area contributed by atoms with E-state index in [1.807, 2.05) is 18.2 Å². The third-order valence-corrected chi connectivity index (χ3v) is 6.28. The summed E-state index contributed by atoms with van der Waals surface area (Å²) in [5, 5.41) is 12.8. The molecule has 12 heteroatoms. The van der Waals surface area contributed by atoms with Gasteiger partial charge in [0.2, 0.25) is 11.7 Å². The Hall–Kier alpha value is -3.64. The smallest absolute Gasteiger partial charge is 0.347 e. The fourth-order valence-electron chi connectivity index (χ4n) is 3.57. The van der Waals surface area contributed by atoms with E-state index in [9.17, 15) is 9.90 Å². The quantitative estimate of drug-likeness (QED) is 0.486. The number of aromatic carboxylic acids is 1. The van der Waals surface area contributed by atoms with Crippen LogP contribution in [0.1, 0.15) is 15.4 Å². The number of morpholine rings is 1. The first-order valence-electron chi connectivity index (χ1n) is 10.4. The summed E-state index contributed by atoms with van der Waals surface area (Å²) in [7, 11) is 4.65. The van der Waals surface area contributed by atoms with Crippen molar-refractivity contribution in [2.24, 2.45) is 0 Å². The number of rotatable bonds is 8. The minimum absolute atomic E-state index is 0.164. The van der Waals surface area contributed by atoms with Crippen LogP contribution in [0.4, 0.5) is 16.9 Å². The lowest BCUT2D eigenvalue weighted by molar-refractivity contribution is 0.0701. The van der Waals surface area contributed by atoms with Crippen molar-refractivity contribution in [2.75, 3.05) is 57.8 Å². The van der Waals surface area contributed by atoms with Crippen LogP contribution in [0.5, 0.6) is 17.2 Å². The van der Waals surface area contributed by atoms with E-state index in [0.717, 1.165) is 16.9 Å². The van der Waals surface area contributed by atoms with Gasteiger partial charge in [-0.1, -0.05) is 11.3 Å². The molecule has 1 aliphatic heterocycles. The zero-order valence-corrected chi connectivity index (χ0v) is 20.1. The first-order valence-corrected chi connectivity index (χ1v) is 11.2. The third kappa shape index (κ3) is 4.82. The van der Waals surface area contributed by atoms with E-state index < -0.39 is 5.97 Å². The molecule has 0 bridgehead atoms. The first kappa shape index (κ1) is 23.5. The summed E-state index contributed by atoms with van der Waals surface area (Å²) < 4.78 is 21.9. The molecule has 1 fully saturated rings. The van der Waals surface area contributed by atoms with Crippen LogP contribution in [-0.4, -0.2) is 73.7 Å². The van der Waals surface area contributed by atoms with Crippen LogP contribution in [0, 0.1) is 6.92 Å². The van der Waals surface area contributed by atoms with E-state index >= 15 is 0 Å². The Morgan fingerprint density at radius 1 is 1.06 bits per heavy atom. The van der Waals surface area contributed by atoms with Crippen LogP contribution in [0.3, 0.4) is 0 Å². The molecule has 1 aliphatic rings. The second kappa shape index (κ2) is 10.1. The van der Waals surface area contributed by atoms with Crippen molar-refractivity contribution >= 4 is 34.2 Å². The molecular formula is C22H25N5O6S. The molecule has 3 heterocycles. The molecular weight excluding hydrogens is 462 g/mol. The Balaban J connectivity index is 1.79. The van der Waals surface area contributed by atoms with Gasteiger partial charge >= 0.3 is 5.97 Å². The number of carboxylic acids is 1. The highest BCUT2D eigenvalue weighted by molar-refractivity contribution is 7.17. The van der Waals surface area contributed by atoms with Crippen LogP contribution < -0.4 is 24.4 Å². The predicted octanol–water partition coefficient (Wildman–Crippen LogP) is 3.21. The number of anilines is 3. The molecule has 34 heavy (non-hydrogen) atoms. The van der Waals surface area contributed by atoms with Crippen LogP contribution in [0.2, 0.25) is 0 Å². The Morgan fingerprint density at radius 2 is 1.74 bits per heavy atom. The molecule has 0 amide bonds. The van der Waals surface area contributed by atoms with Crippen molar-refractivity contribution in [3.05, 3.63) is 28.8 Å². The SMILES string of the molecule is COc1cc(-c2cc(N3CCOCC3)nc(Nc3nc(C)c(C(=O)O)s3)n2)cc(OC)c1OC. The van der Waals surface area contributed by atoms with E-state index in [4.69, 9.17) is 18.9 Å². The summed E-state index contributed by atoms with van der Waals surface area (Å²) in [6.45, 7) is 4.21. The van der Waals surface area contributed by atoms with Gasteiger partial charge in [0, 0.05) is 24.7 Å². The van der Waals surface area contributed by atoms with Gasteiger partial charge in [-0.25, -0.2) is 14.8 Å². The first-order chi connectivity index (χ1) is 16.4. The summed E-state index contributed by atoms with van der Waals surface area (Å²) >= 11 is 1.03. The molecule has 0 unspecified atom stereocenters. The molecule has 1 aromatic carbocycles. The highest BCUT2D eigenvalue weighted by Gasteiger charge is 2.20. The van der Waals surface area contributed by atoms with Crippen LogP contribution in [0.25, 0.3) is 11.3 Å². The van der Waals surface area contributed by atoms with Crippen molar-refractivity contribution in [1.82, 2.24) is 15.0 Å². The number of hydrogen-bond acceptors (Lipinski definition) is 11. The van der Waals surface area contributed by atoms with Crippen LogP contribution in [0.15, 0.2) is 18.2 Å². The van der Waals surface area contributed by atoms with Crippen molar-refractivity contribution in [3.8, 4) is 28.5 Å². The molecule has 3 aromatic rings. The van der Waals surface area contributed by atoms with Gasteiger partial charge in [-0.3, -0.25) is 5.32 Å². The van der Waals surface area contributed by atoms with E-state index in [-0.39, 0.29) is 4.88 Å². The maximum Gasteiger partial charge on any atom is 0.347 e. The Labute approximate surface area is 200 Å². The maximum absolute atomic E-state index is 11.4. The predicted molar refractivity (Wildman–Crippen MR) is 127 cm³/mol. The number of hydrogen-bond donors (Lipinski definition) is 2. The van der Waals surface area contributed by atoms with Gasteiger partial charge in [-0.2, -0.15) is 4.98 Å². The van der Waals surface area contributed by atoms with Crippen LogP contribution in [-0.2, 0) is 4.74 Å². The Kier molecular flexibility index (Phi) is 6.98. The number of ether oxygens (including phenoxy) is 4. The monoisotopic (exact) mass is 487 g/mol. The number of aromatic nitrogens is 3. The number of nitrogens with zero attached hydrogens (tertiary/aromatic N) is 4. The highest BCUT2D eigenvalue weighted by atomic mass is 32.1. The number of nitrogens with one attached hydrogen (secondary N) is 1. The van der Waals surface area contributed by atoms with Crippen molar-refractivity contribution < 1.29 is 28.8 Å². The minimum atomic E-state index is -1.02. The van der Waals surface area contributed by atoms with Gasteiger partial charge in [0.15, 0.2) is 16.6 Å². The second-order valence-corrected chi connectivity index (χ2v) is 8.31. The van der Waals surface area contributed by atoms with Crippen molar-refractivity contribution in [2.45, 2.75) is 6.92 Å². The largest absolute Gasteiger partial charge is 0.493 e. The standard InChI is InChI=1S/C22H25N5O6S/c1-12-19(20(28)29)34-22(23-12)26-21-24-14(11-17(25-21)27-5-7-33-8-6-27)13-9-15(30-2)18(32-4)16(10-13)31-3/h9-11H,5-8H2,1-4H3,(H,28,29)(H,23,24,25,26). The number of carboxylic acid groups (broad SMARTS) is 1. The second-order valence-electron chi connectivity index (χ2n) is 7.31.